The highest BCUT2D eigenvalue weighted by Crippen LogP contribution is 2.32. The summed E-state index contributed by atoms with van der Waals surface area (Å²) in [5.41, 5.74) is -1.37. The van der Waals surface area contributed by atoms with Gasteiger partial charge in [0.25, 0.3) is 0 Å². The summed E-state index contributed by atoms with van der Waals surface area (Å²) in [5.74, 6) is -0.244. The fraction of sp³-hybridized carbons (Fsp3) is 0.933. The zero-order valence-corrected chi connectivity index (χ0v) is 12.8. The van der Waals surface area contributed by atoms with E-state index < -0.39 is 11.7 Å². The third-order valence-electron chi connectivity index (χ3n) is 4.55. The first-order valence-electron chi connectivity index (χ1n) is 7.52. The number of hydrogen-bond donors (Lipinski definition) is 1. The Hall–Kier alpha value is -0.490. The van der Waals surface area contributed by atoms with Crippen LogP contribution in [0.2, 0.25) is 0 Å². The van der Waals surface area contributed by atoms with E-state index in [0.29, 0.717) is 12.8 Å². The fourth-order valence-corrected chi connectivity index (χ4v) is 3.04. The highest BCUT2D eigenvalue weighted by molar-refractivity contribution is 5.85. The van der Waals surface area contributed by atoms with Crippen LogP contribution in [0.5, 0.6) is 0 Å². The number of hydrogen-bond acceptors (Lipinski definition) is 5. The number of carbonyl (C=O) groups is 1. The van der Waals surface area contributed by atoms with Crippen molar-refractivity contribution in [3.63, 3.8) is 0 Å². The molecule has 0 bridgehead atoms. The third-order valence-corrected chi connectivity index (χ3v) is 4.55. The van der Waals surface area contributed by atoms with Crippen LogP contribution in [0.3, 0.4) is 0 Å². The van der Waals surface area contributed by atoms with Crippen molar-refractivity contribution in [1.29, 1.82) is 0 Å². The monoisotopic (exact) mass is 286 g/mol. The maximum Gasteiger partial charge on any atom is 0.163 e. The van der Waals surface area contributed by atoms with E-state index in [0.717, 1.165) is 12.8 Å². The summed E-state index contributed by atoms with van der Waals surface area (Å²) in [6, 6.07) is 0. The number of ketones is 1. The highest BCUT2D eigenvalue weighted by atomic mass is 16.7. The Morgan fingerprint density at radius 3 is 2.45 bits per heavy atom. The van der Waals surface area contributed by atoms with Crippen LogP contribution in [0.15, 0.2) is 0 Å². The van der Waals surface area contributed by atoms with Crippen LogP contribution in [-0.4, -0.2) is 47.2 Å². The van der Waals surface area contributed by atoms with E-state index in [1.165, 1.54) is 6.92 Å². The molecule has 2 aliphatic heterocycles. The van der Waals surface area contributed by atoms with Crippen LogP contribution >= 0.6 is 0 Å². The molecule has 6 atom stereocenters. The smallest absolute Gasteiger partial charge is 0.163 e. The molecular weight excluding hydrogens is 260 g/mol. The van der Waals surface area contributed by atoms with Crippen LogP contribution in [0.25, 0.3) is 0 Å². The van der Waals surface area contributed by atoms with Gasteiger partial charge >= 0.3 is 0 Å². The zero-order chi connectivity index (χ0) is 14.9. The summed E-state index contributed by atoms with van der Waals surface area (Å²) < 4.78 is 17.4. The van der Waals surface area contributed by atoms with E-state index in [2.05, 4.69) is 6.92 Å². The van der Waals surface area contributed by atoms with Gasteiger partial charge in [0.1, 0.15) is 5.60 Å². The summed E-state index contributed by atoms with van der Waals surface area (Å²) in [7, 11) is 0. The van der Waals surface area contributed by atoms with Crippen molar-refractivity contribution in [1.82, 2.24) is 0 Å². The lowest BCUT2D eigenvalue weighted by atomic mass is 9.86. The highest BCUT2D eigenvalue weighted by Gasteiger charge is 2.45. The third kappa shape index (κ3) is 3.22. The van der Waals surface area contributed by atoms with Gasteiger partial charge in [0, 0.05) is 6.42 Å². The van der Waals surface area contributed by atoms with Gasteiger partial charge in [-0.3, -0.25) is 4.79 Å². The number of rotatable bonds is 3. The van der Waals surface area contributed by atoms with Crippen LogP contribution in [0.1, 0.15) is 53.4 Å². The van der Waals surface area contributed by atoms with E-state index in [4.69, 9.17) is 14.2 Å². The Labute approximate surface area is 120 Å². The maximum atomic E-state index is 11.5. The van der Waals surface area contributed by atoms with E-state index in [1.54, 1.807) is 6.92 Å². The molecule has 0 aromatic rings. The topological polar surface area (TPSA) is 65.0 Å². The molecule has 116 valence electrons. The van der Waals surface area contributed by atoms with Gasteiger partial charge in [0.2, 0.25) is 0 Å². The summed E-state index contributed by atoms with van der Waals surface area (Å²) >= 11 is 0. The van der Waals surface area contributed by atoms with Gasteiger partial charge in [0.15, 0.2) is 12.1 Å². The molecule has 0 aromatic heterocycles. The van der Waals surface area contributed by atoms with Crippen molar-refractivity contribution in [2.75, 3.05) is 0 Å². The SMILES string of the molecule is CC(=O)C1(O)CCC(OC2CCC(C)OC2C)OC1C. The van der Waals surface area contributed by atoms with E-state index in [1.807, 2.05) is 6.92 Å². The maximum absolute atomic E-state index is 11.5. The molecule has 0 radical (unpaired) electrons. The van der Waals surface area contributed by atoms with Crippen molar-refractivity contribution in [3.8, 4) is 0 Å². The molecule has 0 amide bonds. The Balaban J connectivity index is 1.89. The molecule has 0 spiro atoms. The molecule has 20 heavy (non-hydrogen) atoms. The molecule has 5 nitrogen and oxygen atoms in total. The predicted octanol–water partition coefficient (Wildman–Crippen LogP) is 1.80. The Morgan fingerprint density at radius 2 is 1.90 bits per heavy atom. The molecule has 2 rings (SSSR count). The Morgan fingerprint density at radius 1 is 1.20 bits per heavy atom. The number of ether oxygens (including phenoxy) is 3. The Kier molecular flexibility index (Phi) is 4.84. The van der Waals surface area contributed by atoms with Gasteiger partial charge in [0.05, 0.1) is 24.4 Å². The molecule has 2 aliphatic rings. The first-order valence-corrected chi connectivity index (χ1v) is 7.52. The number of carbonyl (C=O) groups excluding carboxylic acids is 1. The molecule has 2 fully saturated rings. The molecule has 1 N–H and O–H groups in total. The lowest BCUT2D eigenvalue weighted by Crippen LogP contribution is -2.54. The fourth-order valence-electron chi connectivity index (χ4n) is 3.04. The molecule has 0 aromatic carbocycles. The first kappa shape index (κ1) is 15.9. The van der Waals surface area contributed by atoms with Crippen molar-refractivity contribution in [2.24, 2.45) is 0 Å². The van der Waals surface area contributed by atoms with Crippen LogP contribution in [-0.2, 0) is 19.0 Å². The van der Waals surface area contributed by atoms with Crippen LogP contribution in [0.4, 0.5) is 0 Å². The van der Waals surface area contributed by atoms with E-state index >= 15 is 0 Å². The Bertz CT molecular complexity index is 358. The minimum absolute atomic E-state index is 0.0203. The van der Waals surface area contributed by atoms with Crippen LogP contribution < -0.4 is 0 Å². The van der Waals surface area contributed by atoms with E-state index in [-0.39, 0.29) is 30.4 Å². The molecule has 6 unspecified atom stereocenters. The minimum atomic E-state index is -1.37. The second-order valence-electron chi connectivity index (χ2n) is 6.13. The average Bonchev–Trinajstić information content (AvgIpc) is 2.37. The summed E-state index contributed by atoms with van der Waals surface area (Å²) in [5, 5.41) is 10.3. The first-order chi connectivity index (χ1) is 9.33. The largest absolute Gasteiger partial charge is 0.379 e. The number of aliphatic hydroxyl groups is 1. The van der Waals surface area contributed by atoms with Crippen molar-refractivity contribution >= 4 is 5.78 Å². The molecule has 2 heterocycles. The van der Waals surface area contributed by atoms with Gasteiger partial charge < -0.3 is 19.3 Å². The average molecular weight is 286 g/mol. The molecule has 2 saturated heterocycles. The standard InChI is InChI=1S/C15H26O5/c1-9-5-6-13(10(2)18-9)20-14-7-8-15(17,11(3)16)12(4)19-14/h9-10,12-14,17H,5-8H2,1-4H3. The van der Waals surface area contributed by atoms with Gasteiger partial charge in [-0.2, -0.15) is 0 Å². The normalized spacial score (nSPS) is 46.1. The van der Waals surface area contributed by atoms with Gasteiger partial charge in [-0.1, -0.05) is 0 Å². The van der Waals surface area contributed by atoms with E-state index in [9.17, 15) is 9.90 Å². The lowest BCUT2D eigenvalue weighted by Gasteiger charge is -2.42. The number of Topliss-reactive ketones (excluding diaryl/α,β-unsaturated/α-hetero) is 1. The van der Waals surface area contributed by atoms with Gasteiger partial charge in [-0.25, -0.2) is 0 Å². The lowest BCUT2D eigenvalue weighted by molar-refractivity contribution is -0.273. The predicted molar refractivity (Wildman–Crippen MR) is 73.3 cm³/mol. The second-order valence-corrected chi connectivity index (χ2v) is 6.13. The zero-order valence-electron chi connectivity index (χ0n) is 12.8. The van der Waals surface area contributed by atoms with Gasteiger partial charge in [-0.05, 0) is 47.0 Å². The minimum Gasteiger partial charge on any atom is -0.379 e. The molecule has 5 heteroatoms. The molecular formula is C15H26O5. The second kappa shape index (κ2) is 6.10. The van der Waals surface area contributed by atoms with Gasteiger partial charge in [-0.15, -0.1) is 0 Å². The summed E-state index contributed by atoms with van der Waals surface area (Å²) in [4.78, 5) is 11.5. The quantitative estimate of drug-likeness (QED) is 0.857. The summed E-state index contributed by atoms with van der Waals surface area (Å²) in [6.07, 6.45) is 2.28. The summed E-state index contributed by atoms with van der Waals surface area (Å²) in [6.45, 7) is 7.21. The van der Waals surface area contributed by atoms with Crippen molar-refractivity contribution < 1.29 is 24.1 Å². The van der Waals surface area contributed by atoms with Crippen molar-refractivity contribution in [3.05, 3.63) is 0 Å². The van der Waals surface area contributed by atoms with Crippen molar-refractivity contribution in [2.45, 2.75) is 89.7 Å². The van der Waals surface area contributed by atoms with Crippen LogP contribution in [0, 0.1) is 0 Å². The molecule has 0 saturated carbocycles. The molecule has 0 aliphatic carbocycles.